The second-order valence-corrected chi connectivity index (χ2v) is 5.45. The smallest absolute Gasteiger partial charge is 0.310 e. The van der Waals surface area contributed by atoms with Crippen molar-refractivity contribution in [3.05, 3.63) is 29.2 Å². The fourth-order valence-corrected chi connectivity index (χ4v) is 2.67. The Balaban J connectivity index is 0.00000264. The minimum Gasteiger partial charge on any atom is -0.494 e. The molecule has 0 spiro atoms. The van der Waals surface area contributed by atoms with E-state index in [9.17, 15) is 9.18 Å². The van der Waals surface area contributed by atoms with Crippen molar-refractivity contribution >= 4 is 29.3 Å². The van der Waals surface area contributed by atoms with E-state index in [1.807, 2.05) is 30.6 Å². The Morgan fingerprint density at radius 3 is 2.48 bits per heavy atom. The number of aryl methyl sites for hydroxylation is 1. The lowest BCUT2D eigenvalue weighted by molar-refractivity contribution is -0.139. The van der Waals surface area contributed by atoms with Gasteiger partial charge in [-0.3, -0.25) is 4.79 Å². The first-order valence-corrected chi connectivity index (χ1v) is 6.94. The third-order valence-electron chi connectivity index (χ3n) is 3.74. The van der Waals surface area contributed by atoms with Gasteiger partial charge in [0, 0.05) is 24.7 Å². The zero-order valence-corrected chi connectivity index (χ0v) is 14.8. The van der Waals surface area contributed by atoms with Crippen LogP contribution in [0.1, 0.15) is 11.3 Å². The summed E-state index contributed by atoms with van der Waals surface area (Å²) in [7, 11) is 8.48. The van der Waals surface area contributed by atoms with Gasteiger partial charge in [-0.15, -0.1) is 12.4 Å². The highest BCUT2D eigenvalue weighted by atomic mass is 35.5. The lowest BCUT2D eigenvalue weighted by atomic mass is 10.1. The highest BCUT2D eigenvalue weighted by molar-refractivity contribution is 5.91. The van der Waals surface area contributed by atoms with Crippen molar-refractivity contribution < 1.29 is 18.7 Å². The van der Waals surface area contributed by atoms with Crippen LogP contribution in [0.25, 0.3) is 10.9 Å². The van der Waals surface area contributed by atoms with E-state index in [1.54, 1.807) is 12.1 Å². The van der Waals surface area contributed by atoms with Crippen LogP contribution in [0.5, 0.6) is 5.75 Å². The standard InChI is InChI=1S/C16H21FN2O3.ClH/c1-18(2)9-12-10(8-14(20)22-5)15-11(19(12)3)6-7-13(21-4)16(15)17;/h6-7H,8-9H2,1-5H3;1H. The molecule has 23 heavy (non-hydrogen) atoms. The Morgan fingerprint density at radius 2 is 1.96 bits per heavy atom. The van der Waals surface area contributed by atoms with Crippen molar-refractivity contribution in [2.24, 2.45) is 7.05 Å². The molecule has 1 heterocycles. The molecule has 5 nitrogen and oxygen atoms in total. The van der Waals surface area contributed by atoms with E-state index in [4.69, 9.17) is 9.47 Å². The normalized spacial score (nSPS) is 10.7. The summed E-state index contributed by atoms with van der Waals surface area (Å²) in [6.07, 6.45) is 0.0289. The van der Waals surface area contributed by atoms with Crippen molar-refractivity contribution in [3.8, 4) is 5.75 Å². The highest BCUT2D eigenvalue weighted by Crippen LogP contribution is 2.33. The second kappa shape index (κ2) is 7.66. The van der Waals surface area contributed by atoms with E-state index < -0.39 is 11.8 Å². The van der Waals surface area contributed by atoms with Crippen molar-refractivity contribution in [1.29, 1.82) is 0 Å². The number of fused-ring (bicyclic) bond motifs is 1. The Morgan fingerprint density at radius 1 is 1.30 bits per heavy atom. The molecule has 2 rings (SSSR count). The van der Waals surface area contributed by atoms with Gasteiger partial charge in [-0.25, -0.2) is 4.39 Å². The van der Waals surface area contributed by atoms with E-state index in [0.29, 0.717) is 17.5 Å². The summed E-state index contributed by atoms with van der Waals surface area (Å²) in [5.74, 6) is -0.671. The van der Waals surface area contributed by atoms with Crippen LogP contribution in [0.2, 0.25) is 0 Å². The third-order valence-corrected chi connectivity index (χ3v) is 3.74. The van der Waals surface area contributed by atoms with Crippen molar-refractivity contribution in [2.45, 2.75) is 13.0 Å². The molecule has 0 aliphatic rings. The molecule has 0 amide bonds. The van der Waals surface area contributed by atoms with Crippen LogP contribution in [0.3, 0.4) is 0 Å². The van der Waals surface area contributed by atoms with Gasteiger partial charge in [0.05, 0.1) is 26.2 Å². The van der Waals surface area contributed by atoms with Gasteiger partial charge in [0.2, 0.25) is 0 Å². The van der Waals surface area contributed by atoms with Gasteiger partial charge in [0.15, 0.2) is 11.6 Å². The average molecular weight is 345 g/mol. The molecule has 0 atom stereocenters. The van der Waals surface area contributed by atoms with Crippen LogP contribution < -0.4 is 4.74 Å². The number of esters is 1. The lowest BCUT2D eigenvalue weighted by Crippen LogP contribution is -2.16. The molecule has 7 heteroatoms. The fourth-order valence-electron chi connectivity index (χ4n) is 2.67. The molecule has 1 aromatic carbocycles. The third kappa shape index (κ3) is 3.59. The summed E-state index contributed by atoms with van der Waals surface area (Å²) in [5, 5.41) is 0.420. The molecule has 0 bridgehead atoms. The predicted octanol–water partition coefficient (Wildman–Crippen LogP) is 2.52. The first kappa shape index (κ1) is 19.3. The van der Waals surface area contributed by atoms with E-state index in [2.05, 4.69) is 0 Å². The van der Waals surface area contributed by atoms with Crippen LogP contribution in [0.15, 0.2) is 12.1 Å². The van der Waals surface area contributed by atoms with Gasteiger partial charge in [-0.05, 0) is 31.8 Å². The minimum absolute atomic E-state index is 0. The highest BCUT2D eigenvalue weighted by Gasteiger charge is 2.23. The first-order valence-electron chi connectivity index (χ1n) is 6.94. The second-order valence-electron chi connectivity index (χ2n) is 5.45. The number of nitrogens with zero attached hydrogens (tertiary/aromatic N) is 2. The number of aromatic nitrogens is 1. The number of rotatable bonds is 5. The van der Waals surface area contributed by atoms with E-state index in [1.165, 1.54) is 14.2 Å². The van der Waals surface area contributed by atoms with Gasteiger partial charge in [0.25, 0.3) is 0 Å². The summed E-state index contributed by atoms with van der Waals surface area (Å²) in [6, 6.07) is 3.40. The quantitative estimate of drug-likeness (QED) is 0.782. The van der Waals surface area contributed by atoms with Crippen LogP contribution in [0.4, 0.5) is 4.39 Å². The summed E-state index contributed by atoms with van der Waals surface area (Å²) < 4.78 is 26.4. The number of methoxy groups -OCH3 is 2. The number of carbonyl (C=O) groups excluding carboxylic acids is 1. The number of carbonyl (C=O) groups is 1. The Labute approximate surface area is 141 Å². The minimum atomic E-state index is -0.445. The first-order chi connectivity index (χ1) is 10.4. The maximum Gasteiger partial charge on any atom is 0.310 e. The van der Waals surface area contributed by atoms with Crippen molar-refractivity contribution in [1.82, 2.24) is 9.47 Å². The molecule has 2 aromatic rings. The zero-order valence-electron chi connectivity index (χ0n) is 14.0. The molecule has 0 radical (unpaired) electrons. The largest absolute Gasteiger partial charge is 0.494 e. The van der Waals surface area contributed by atoms with Crippen molar-refractivity contribution in [3.63, 3.8) is 0 Å². The zero-order chi connectivity index (χ0) is 16.4. The van der Waals surface area contributed by atoms with Gasteiger partial charge in [0.1, 0.15) is 0 Å². The molecular weight excluding hydrogens is 323 g/mol. The molecule has 1 aromatic heterocycles. The van der Waals surface area contributed by atoms with E-state index in [-0.39, 0.29) is 24.6 Å². The van der Waals surface area contributed by atoms with Crippen LogP contribution in [-0.4, -0.2) is 43.8 Å². The molecule has 0 saturated heterocycles. The van der Waals surface area contributed by atoms with Gasteiger partial charge >= 0.3 is 5.97 Å². The SMILES string of the molecule is COC(=O)Cc1c(CN(C)C)n(C)c2ccc(OC)c(F)c12.Cl. The van der Waals surface area contributed by atoms with Crippen LogP contribution >= 0.6 is 12.4 Å². The van der Waals surface area contributed by atoms with Crippen molar-refractivity contribution in [2.75, 3.05) is 28.3 Å². The molecule has 0 N–H and O–H groups in total. The molecule has 0 unspecified atom stereocenters. The number of hydrogen-bond donors (Lipinski definition) is 0. The molecular formula is C16H22ClFN2O3. The molecule has 0 saturated carbocycles. The summed E-state index contributed by atoms with van der Waals surface area (Å²) in [6.45, 7) is 0.596. The number of halogens is 2. The molecule has 0 aliphatic carbocycles. The lowest BCUT2D eigenvalue weighted by Gasteiger charge is -2.13. The Bertz CT molecular complexity index is 713. The van der Waals surface area contributed by atoms with Gasteiger partial charge < -0.3 is 18.9 Å². The monoisotopic (exact) mass is 344 g/mol. The number of hydrogen-bond acceptors (Lipinski definition) is 4. The summed E-state index contributed by atoms with van der Waals surface area (Å²) in [4.78, 5) is 13.7. The summed E-state index contributed by atoms with van der Waals surface area (Å²) >= 11 is 0. The molecule has 128 valence electrons. The van der Waals surface area contributed by atoms with Crippen LogP contribution in [0, 0.1) is 5.82 Å². The average Bonchev–Trinajstić information content (AvgIpc) is 2.73. The van der Waals surface area contributed by atoms with Crippen LogP contribution in [-0.2, 0) is 29.5 Å². The van der Waals surface area contributed by atoms with E-state index in [0.717, 1.165) is 11.2 Å². The maximum atomic E-state index is 14.7. The van der Waals surface area contributed by atoms with Gasteiger partial charge in [-0.1, -0.05) is 0 Å². The van der Waals surface area contributed by atoms with E-state index >= 15 is 0 Å². The van der Waals surface area contributed by atoms with Gasteiger partial charge in [-0.2, -0.15) is 0 Å². The topological polar surface area (TPSA) is 43.7 Å². The number of ether oxygens (including phenoxy) is 2. The Kier molecular flexibility index (Phi) is 6.41. The predicted molar refractivity (Wildman–Crippen MR) is 89.8 cm³/mol. The molecule has 0 fully saturated rings. The fraction of sp³-hybridized carbons (Fsp3) is 0.438. The summed E-state index contributed by atoms with van der Waals surface area (Å²) in [5.41, 5.74) is 2.26. The Hall–Kier alpha value is -1.79. The maximum absolute atomic E-state index is 14.7. The molecule has 0 aliphatic heterocycles. The number of benzene rings is 1.